The minimum absolute atomic E-state index is 0.0362. The van der Waals surface area contributed by atoms with Gasteiger partial charge in [0.25, 0.3) is 0 Å². The van der Waals surface area contributed by atoms with Crippen molar-refractivity contribution in [3.63, 3.8) is 0 Å². The molecule has 7 nitrogen and oxygen atoms in total. The zero-order chi connectivity index (χ0) is 25.6. The highest BCUT2D eigenvalue weighted by molar-refractivity contribution is 7.92. The minimum atomic E-state index is -3.95. The van der Waals surface area contributed by atoms with Gasteiger partial charge >= 0.3 is 0 Å². The number of rotatable bonds is 10. The molecule has 0 saturated heterocycles. The van der Waals surface area contributed by atoms with E-state index in [4.69, 9.17) is 23.2 Å². The Balaban J connectivity index is 2.41. The van der Waals surface area contributed by atoms with E-state index in [-0.39, 0.29) is 28.7 Å². The van der Waals surface area contributed by atoms with Gasteiger partial charge in [0.15, 0.2) is 0 Å². The molecular weight excluding hydrogens is 504 g/mol. The normalized spacial score (nSPS) is 12.4. The van der Waals surface area contributed by atoms with Gasteiger partial charge in [-0.15, -0.1) is 0 Å². The number of hydrogen-bond donors (Lipinski definition) is 1. The molecule has 0 fully saturated rings. The zero-order valence-electron chi connectivity index (χ0n) is 19.4. The molecule has 1 atom stereocenters. The van der Waals surface area contributed by atoms with Crippen molar-refractivity contribution in [1.82, 2.24) is 10.2 Å². The van der Waals surface area contributed by atoms with Gasteiger partial charge < -0.3 is 10.2 Å². The smallest absolute Gasteiger partial charge is 0.244 e. The van der Waals surface area contributed by atoms with Crippen LogP contribution in [0.3, 0.4) is 0 Å². The number of nitrogens with zero attached hydrogens (tertiary/aromatic N) is 2. The van der Waals surface area contributed by atoms with Crippen LogP contribution in [0, 0.1) is 11.7 Å². The lowest BCUT2D eigenvalue weighted by molar-refractivity contribution is -0.139. The number of amides is 2. The molecular formula is C23H28Cl2FN3O4S. The fourth-order valence-electron chi connectivity index (χ4n) is 3.12. The molecule has 0 radical (unpaired) electrons. The lowest BCUT2D eigenvalue weighted by Crippen LogP contribution is -2.51. The summed E-state index contributed by atoms with van der Waals surface area (Å²) in [7, 11) is -3.95. The highest BCUT2D eigenvalue weighted by atomic mass is 35.5. The topological polar surface area (TPSA) is 86.8 Å². The summed E-state index contributed by atoms with van der Waals surface area (Å²) in [4.78, 5) is 27.3. The SMILES string of the molecule is CC(C)CNC(=O)C(C)N(Cc1ccccc1F)C(=O)CN(c1ccc(Cl)cc1Cl)S(C)(=O)=O. The van der Waals surface area contributed by atoms with Gasteiger partial charge in [-0.1, -0.05) is 55.2 Å². The number of carbonyl (C=O) groups excluding carboxylic acids is 2. The third kappa shape index (κ3) is 7.58. The van der Waals surface area contributed by atoms with Gasteiger partial charge in [-0.3, -0.25) is 13.9 Å². The second-order valence-electron chi connectivity index (χ2n) is 8.29. The molecule has 1 unspecified atom stereocenters. The average Bonchev–Trinajstić information content (AvgIpc) is 2.74. The summed E-state index contributed by atoms with van der Waals surface area (Å²) in [6.07, 6.45) is 0.936. The van der Waals surface area contributed by atoms with Crippen molar-refractivity contribution in [2.75, 3.05) is 23.7 Å². The average molecular weight is 532 g/mol. The van der Waals surface area contributed by atoms with Crippen molar-refractivity contribution in [3.8, 4) is 0 Å². The van der Waals surface area contributed by atoms with E-state index in [0.29, 0.717) is 11.6 Å². The summed E-state index contributed by atoms with van der Waals surface area (Å²) in [5.41, 5.74) is 0.250. The summed E-state index contributed by atoms with van der Waals surface area (Å²) in [5, 5.41) is 3.09. The molecule has 1 N–H and O–H groups in total. The van der Waals surface area contributed by atoms with Crippen LogP contribution in [-0.2, 0) is 26.2 Å². The predicted molar refractivity (Wildman–Crippen MR) is 133 cm³/mol. The number of nitrogens with one attached hydrogen (secondary N) is 1. The van der Waals surface area contributed by atoms with Gasteiger partial charge in [0, 0.05) is 23.7 Å². The van der Waals surface area contributed by atoms with E-state index in [0.717, 1.165) is 15.5 Å². The maximum absolute atomic E-state index is 14.4. The molecule has 0 spiro atoms. The molecule has 2 amide bonds. The summed E-state index contributed by atoms with van der Waals surface area (Å²) >= 11 is 12.1. The van der Waals surface area contributed by atoms with Gasteiger partial charge in [0.2, 0.25) is 21.8 Å². The Kier molecular flexibility index (Phi) is 9.73. The van der Waals surface area contributed by atoms with Crippen molar-refractivity contribution in [2.45, 2.75) is 33.4 Å². The summed E-state index contributed by atoms with van der Waals surface area (Å²) in [6, 6.07) is 9.08. The fourth-order valence-corrected chi connectivity index (χ4v) is 4.55. The molecule has 2 aromatic rings. The number of halogens is 3. The number of carbonyl (C=O) groups is 2. The van der Waals surface area contributed by atoms with Crippen LogP contribution in [0.4, 0.5) is 10.1 Å². The van der Waals surface area contributed by atoms with Crippen LogP contribution in [-0.4, -0.2) is 50.5 Å². The quantitative estimate of drug-likeness (QED) is 0.500. The van der Waals surface area contributed by atoms with Crippen molar-refractivity contribution >= 4 is 50.7 Å². The van der Waals surface area contributed by atoms with Crippen molar-refractivity contribution in [2.24, 2.45) is 5.92 Å². The first-order valence-electron chi connectivity index (χ1n) is 10.5. The Bertz CT molecular complexity index is 1140. The fraction of sp³-hybridized carbons (Fsp3) is 0.391. The van der Waals surface area contributed by atoms with E-state index in [1.165, 1.54) is 43.3 Å². The third-order valence-corrected chi connectivity index (χ3v) is 6.67. The largest absolute Gasteiger partial charge is 0.354 e. The molecule has 0 aliphatic rings. The van der Waals surface area contributed by atoms with Crippen LogP contribution in [0.2, 0.25) is 10.0 Å². The van der Waals surface area contributed by atoms with E-state index >= 15 is 0 Å². The number of benzene rings is 2. The van der Waals surface area contributed by atoms with Crippen LogP contribution >= 0.6 is 23.2 Å². The Morgan fingerprint density at radius 3 is 2.29 bits per heavy atom. The summed E-state index contributed by atoms with van der Waals surface area (Å²) in [6.45, 7) is 4.87. The van der Waals surface area contributed by atoms with Gasteiger partial charge in [0.1, 0.15) is 18.4 Å². The predicted octanol–water partition coefficient (Wildman–Crippen LogP) is 4.09. The molecule has 0 bridgehead atoms. The van der Waals surface area contributed by atoms with E-state index < -0.39 is 40.2 Å². The molecule has 0 heterocycles. The lowest BCUT2D eigenvalue weighted by Gasteiger charge is -2.32. The van der Waals surface area contributed by atoms with Crippen LogP contribution in [0.1, 0.15) is 26.3 Å². The van der Waals surface area contributed by atoms with Gasteiger partial charge in [-0.2, -0.15) is 0 Å². The van der Waals surface area contributed by atoms with E-state index in [2.05, 4.69) is 5.32 Å². The Hall–Kier alpha value is -2.36. The molecule has 186 valence electrons. The molecule has 0 saturated carbocycles. The number of anilines is 1. The van der Waals surface area contributed by atoms with Gasteiger partial charge in [0.05, 0.1) is 17.0 Å². The van der Waals surface area contributed by atoms with Crippen molar-refractivity contribution in [3.05, 3.63) is 63.9 Å². The molecule has 2 aromatic carbocycles. The monoisotopic (exact) mass is 531 g/mol. The molecule has 0 aromatic heterocycles. The Morgan fingerprint density at radius 1 is 1.09 bits per heavy atom. The standard InChI is InChI=1S/C23H28Cl2FN3O4S/c1-15(2)12-27-23(31)16(3)28(13-17-7-5-6-8-20(17)26)22(30)14-29(34(4,32)33)21-10-9-18(24)11-19(21)25/h5-11,15-16H,12-14H2,1-4H3,(H,27,31). The van der Waals surface area contributed by atoms with E-state index in [1.54, 1.807) is 6.07 Å². The van der Waals surface area contributed by atoms with Crippen LogP contribution in [0.5, 0.6) is 0 Å². The van der Waals surface area contributed by atoms with Gasteiger partial charge in [-0.25, -0.2) is 12.8 Å². The highest BCUT2D eigenvalue weighted by Crippen LogP contribution is 2.30. The molecule has 0 aliphatic carbocycles. The molecule has 0 aliphatic heterocycles. The first-order chi connectivity index (χ1) is 15.8. The molecule has 34 heavy (non-hydrogen) atoms. The first-order valence-corrected chi connectivity index (χ1v) is 13.1. The van der Waals surface area contributed by atoms with Crippen LogP contribution in [0.25, 0.3) is 0 Å². The zero-order valence-corrected chi connectivity index (χ0v) is 21.7. The van der Waals surface area contributed by atoms with Crippen molar-refractivity contribution in [1.29, 1.82) is 0 Å². The maximum atomic E-state index is 14.4. The minimum Gasteiger partial charge on any atom is -0.354 e. The third-order valence-electron chi connectivity index (χ3n) is 5.01. The first kappa shape index (κ1) is 27.9. The van der Waals surface area contributed by atoms with Gasteiger partial charge in [-0.05, 0) is 37.1 Å². The number of hydrogen-bond acceptors (Lipinski definition) is 4. The van der Waals surface area contributed by atoms with E-state index in [9.17, 15) is 22.4 Å². The highest BCUT2D eigenvalue weighted by Gasteiger charge is 2.31. The number of sulfonamides is 1. The summed E-state index contributed by atoms with van der Waals surface area (Å²) < 4.78 is 40.3. The Labute approximate surface area is 209 Å². The van der Waals surface area contributed by atoms with Crippen molar-refractivity contribution < 1.29 is 22.4 Å². The molecule has 11 heteroatoms. The van der Waals surface area contributed by atoms with Crippen LogP contribution < -0.4 is 9.62 Å². The lowest BCUT2D eigenvalue weighted by atomic mass is 10.1. The van der Waals surface area contributed by atoms with Crippen LogP contribution in [0.15, 0.2) is 42.5 Å². The summed E-state index contributed by atoms with van der Waals surface area (Å²) in [5.74, 6) is -1.50. The molecule has 2 rings (SSSR count). The maximum Gasteiger partial charge on any atom is 0.244 e. The Morgan fingerprint density at radius 2 is 1.74 bits per heavy atom. The second kappa shape index (κ2) is 11.9. The second-order valence-corrected chi connectivity index (χ2v) is 11.0. The van der Waals surface area contributed by atoms with E-state index in [1.807, 2.05) is 13.8 Å².